The van der Waals surface area contributed by atoms with E-state index in [1.54, 1.807) is 21.0 Å². The van der Waals surface area contributed by atoms with Crippen LogP contribution in [0.2, 0.25) is 0 Å². The highest BCUT2D eigenvalue weighted by molar-refractivity contribution is 5.81. The molecule has 4 heteroatoms. The van der Waals surface area contributed by atoms with E-state index >= 15 is 0 Å². The molecule has 0 heterocycles. The highest BCUT2D eigenvalue weighted by Gasteiger charge is 2.33. The molecule has 0 aliphatic carbocycles. The third kappa shape index (κ3) is 3.74. The average Bonchev–Trinajstić information content (AvgIpc) is 2.03. The van der Waals surface area contributed by atoms with Crippen LogP contribution in [0.25, 0.3) is 0 Å². The van der Waals surface area contributed by atoms with Crippen molar-refractivity contribution in [1.29, 1.82) is 0 Å². The van der Waals surface area contributed by atoms with Crippen molar-refractivity contribution in [2.45, 2.75) is 26.9 Å². The molecule has 0 fully saturated rings. The number of amides is 1. The Bertz CT molecular complexity index is 168. The fourth-order valence-corrected chi connectivity index (χ4v) is 1.08. The average molecular weight is 189 g/mol. The standard InChI is InChI=1S/C9H19NO3/c1-5-10-8(12)7(11)9(2,3)6-13-4/h7,11H,5-6H2,1-4H3,(H,10,12). The van der Waals surface area contributed by atoms with Crippen LogP contribution in [0.3, 0.4) is 0 Å². The van der Waals surface area contributed by atoms with Crippen LogP contribution in [0.15, 0.2) is 0 Å². The maximum Gasteiger partial charge on any atom is 0.249 e. The molecule has 0 bridgehead atoms. The van der Waals surface area contributed by atoms with Crippen molar-refractivity contribution in [1.82, 2.24) is 5.32 Å². The molecule has 0 spiro atoms. The summed E-state index contributed by atoms with van der Waals surface area (Å²) >= 11 is 0. The van der Waals surface area contributed by atoms with E-state index in [9.17, 15) is 9.90 Å². The van der Waals surface area contributed by atoms with Gasteiger partial charge in [0.05, 0.1) is 6.61 Å². The van der Waals surface area contributed by atoms with Crippen LogP contribution >= 0.6 is 0 Å². The third-order valence-electron chi connectivity index (χ3n) is 1.86. The van der Waals surface area contributed by atoms with Crippen molar-refractivity contribution < 1.29 is 14.6 Å². The van der Waals surface area contributed by atoms with Crippen LogP contribution in [-0.4, -0.2) is 37.4 Å². The summed E-state index contributed by atoms with van der Waals surface area (Å²) in [5, 5.41) is 12.2. The summed E-state index contributed by atoms with van der Waals surface area (Å²) in [5.74, 6) is -0.343. The number of carbonyl (C=O) groups is 1. The molecule has 2 N–H and O–H groups in total. The molecule has 0 radical (unpaired) electrons. The van der Waals surface area contributed by atoms with Crippen LogP contribution in [0.5, 0.6) is 0 Å². The van der Waals surface area contributed by atoms with Crippen molar-refractivity contribution in [2.75, 3.05) is 20.3 Å². The van der Waals surface area contributed by atoms with E-state index in [-0.39, 0.29) is 5.91 Å². The van der Waals surface area contributed by atoms with E-state index in [1.807, 2.05) is 6.92 Å². The predicted octanol–water partition coefficient (Wildman–Crippen LogP) is 0.156. The largest absolute Gasteiger partial charge is 0.384 e. The molecule has 0 rings (SSSR count). The van der Waals surface area contributed by atoms with E-state index < -0.39 is 11.5 Å². The lowest BCUT2D eigenvalue weighted by atomic mass is 9.87. The Balaban J connectivity index is 4.21. The van der Waals surface area contributed by atoms with E-state index in [2.05, 4.69) is 5.32 Å². The zero-order valence-corrected chi connectivity index (χ0v) is 8.76. The topological polar surface area (TPSA) is 58.6 Å². The predicted molar refractivity (Wildman–Crippen MR) is 50.3 cm³/mol. The lowest BCUT2D eigenvalue weighted by molar-refractivity contribution is -0.137. The first-order chi connectivity index (χ1) is 5.95. The summed E-state index contributed by atoms with van der Waals surface area (Å²) in [6.07, 6.45) is -1.02. The van der Waals surface area contributed by atoms with Gasteiger partial charge in [-0.1, -0.05) is 13.8 Å². The van der Waals surface area contributed by atoms with Gasteiger partial charge in [0.2, 0.25) is 5.91 Å². The van der Waals surface area contributed by atoms with Crippen molar-refractivity contribution in [3.63, 3.8) is 0 Å². The van der Waals surface area contributed by atoms with Crippen molar-refractivity contribution in [3.8, 4) is 0 Å². The molecule has 0 aliphatic rings. The molecule has 13 heavy (non-hydrogen) atoms. The SMILES string of the molecule is CCNC(=O)C(O)C(C)(C)COC. The number of hydrogen-bond donors (Lipinski definition) is 2. The van der Waals surface area contributed by atoms with Gasteiger partial charge in [-0.05, 0) is 6.92 Å². The summed E-state index contributed by atoms with van der Waals surface area (Å²) in [6, 6.07) is 0. The number of aliphatic hydroxyl groups is 1. The first kappa shape index (κ1) is 12.4. The van der Waals surface area contributed by atoms with Gasteiger partial charge in [-0.15, -0.1) is 0 Å². The molecule has 0 saturated heterocycles. The molecule has 0 aromatic rings. The van der Waals surface area contributed by atoms with Crippen molar-refractivity contribution >= 4 is 5.91 Å². The van der Waals surface area contributed by atoms with Gasteiger partial charge in [-0.3, -0.25) is 4.79 Å². The normalized spacial score (nSPS) is 13.9. The van der Waals surface area contributed by atoms with Crippen LogP contribution in [0, 0.1) is 5.41 Å². The van der Waals surface area contributed by atoms with Crippen LogP contribution in [0.1, 0.15) is 20.8 Å². The number of carbonyl (C=O) groups excluding carboxylic acids is 1. The maximum atomic E-state index is 11.2. The van der Waals surface area contributed by atoms with Gasteiger partial charge in [-0.25, -0.2) is 0 Å². The lowest BCUT2D eigenvalue weighted by Crippen LogP contribution is -2.45. The van der Waals surface area contributed by atoms with E-state index in [1.165, 1.54) is 0 Å². The fraction of sp³-hybridized carbons (Fsp3) is 0.889. The third-order valence-corrected chi connectivity index (χ3v) is 1.86. The number of methoxy groups -OCH3 is 1. The Labute approximate surface area is 79.3 Å². The summed E-state index contributed by atoms with van der Waals surface area (Å²) in [7, 11) is 1.55. The highest BCUT2D eigenvalue weighted by atomic mass is 16.5. The molecule has 1 atom stereocenters. The van der Waals surface area contributed by atoms with Crippen LogP contribution in [0.4, 0.5) is 0 Å². The Kier molecular flexibility index (Phi) is 4.95. The van der Waals surface area contributed by atoms with Gasteiger partial charge in [-0.2, -0.15) is 0 Å². The fourth-order valence-electron chi connectivity index (χ4n) is 1.08. The zero-order valence-electron chi connectivity index (χ0n) is 8.76. The molecule has 0 aromatic heterocycles. The number of nitrogens with one attached hydrogen (secondary N) is 1. The second kappa shape index (κ2) is 5.19. The Morgan fingerprint density at radius 3 is 2.54 bits per heavy atom. The van der Waals surface area contributed by atoms with E-state index in [0.717, 1.165) is 0 Å². The molecule has 0 saturated carbocycles. The van der Waals surface area contributed by atoms with Gasteiger partial charge in [0, 0.05) is 19.1 Å². The Hall–Kier alpha value is -0.610. The smallest absolute Gasteiger partial charge is 0.249 e. The number of ether oxygens (including phenoxy) is 1. The van der Waals surface area contributed by atoms with Crippen molar-refractivity contribution in [2.24, 2.45) is 5.41 Å². The second-order valence-corrected chi connectivity index (χ2v) is 3.72. The minimum Gasteiger partial charge on any atom is -0.384 e. The second-order valence-electron chi connectivity index (χ2n) is 3.72. The van der Waals surface area contributed by atoms with Crippen LogP contribution < -0.4 is 5.32 Å². The maximum absolute atomic E-state index is 11.2. The number of likely N-dealkylation sites (N-methyl/N-ethyl adjacent to an activating group) is 1. The number of rotatable bonds is 5. The molecule has 78 valence electrons. The molecule has 1 unspecified atom stereocenters. The van der Waals surface area contributed by atoms with E-state index in [0.29, 0.717) is 13.2 Å². The Morgan fingerprint density at radius 1 is 1.62 bits per heavy atom. The molecule has 1 amide bonds. The Morgan fingerprint density at radius 2 is 2.15 bits per heavy atom. The first-order valence-electron chi connectivity index (χ1n) is 4.40. The quantitative estimate of drug-likeness (QED) is 0.647. The summed E-state index contributed by atoms with van der Waals surface area (Å²) in [6.45, 7) is 6.27. The zero-order chi connectivity index (χ0) is 10.5. The van der Waals surface area contributed by atoms with Crippen molar-refractivity contribution in [3.05, 3.63) is 0 Å². The minimum absolute atomic E-state index is 0.343. The van der Waals surface area contributed by atoms with Crippen LogP contribution in [-0.2, 0) is 9.53 Å². The van der Waals surface area contributed by atoms with Gasteiger partial charge in [0.1, 0.15) is 6.10 Å². The highest BCUT2D eigenvalue weighted by Crippen LogP contribution is 2.20. The lowest BCUT2D eigenvalue weighted by Gasteiger charge is -2.28. The summed E-state index contributed by atoms with van der Waals surface area (Å²) < 4.78 is 4.92. The van der Waals surface area contributed by atoms with Gasteiger partial charge in [0.15, 0.2) is 0 Å². The van der Waals surface area contributed by atoms with E-state index in [4.69, 9.17) is 4.74 Å². The number of hydrogen-bond acceptors (Lipinski definition) is 3. The molecule has 0 aliphatic heterocycles. The monoisotopic (exact) mass is 189 g/mol. The minimum atomic E-state index is -1.02. The first-order valence-corrected chi connectivity index (χ1v) is 4.40. The summed E-state index contributed by atoms with van der Waals surface area (Å²) in [4.78, 5) is 11.2. The molecular weight excluding hydrogens is 170 g/mol. The number of aliphatic hydroxyl groups excluding tert-OH is 1. The summed E-state index contributed by atoms with van der Waals surface area (Å²) in [5.41, 5.74) is -0.548. The molecular formula is C9H19NO3. The molecule has 0 aromatic carbocycles. The van der Waals surface area contributed by atoms with Gasteiger partial charge < -0.3 is 15.2 Å². The van der Waals surface area contributed by atoms with Gasteiger partial charge >= 0.3 is 0 Å². The van der Waals surface area contributed by atoms with Gasteiger partial charge in [0.25, 0.3) is 0 Å². The molecule has 4 nitrogen and oxygen atoms in total.